The van der Waals surface area contributed by atoms with E-state index in [0.717, 1.165) is 15.6 Å². The predicted octanol–water partition coefficient (Wildman–Crippen LogP) is 3.99. The third-order valence-electron chi connectivity index (χ3n) is 3.28. The molecule has 6 nitrogen and oxygen atoms in total. The van der Waals surface area contributed by atoms with E-state index in [-0.39, 0.29) is 12.0 Å². The largest absolute Gasteiger partial charge is 0.472 e. The molecule has 0 aliphatic rings. The summed E-state index contributed by atoms with van der Waals surface area (Å²) in [6.07, 6.45) is 3.13. The molecule has 7 heteroatoms. The average Bonchev–Trinajstić information content (AvgIpc) is 3.22. The van der Waals surface area contributed by atoms with E-state index >= 15 is 0 Å². The monoisotopic (exact) mass is 344 g/mol. The van der Waals surface area contributed by atoms with Gasteiger partial charge in [-0.15, -0.1) is 11.3 Å². The van der Waals surface area contributed by atoms with Crippen molar-refractivity contribution in [2.75, 3.05) is 11.9 Å². The van der Waals surface area contributed by atoms with E-state index in [4.69, 9.17) is 9.15 Å². The first-order valence-electron chi connectivity index (χ1n) is 7.42. The number of carbonyl (C=O) groups excluding carboxylic acids is 2. The van der Waals surface area contributed by atoms with Crippen LogP contribution in [-0.4, -0.2) is 18.6 Å². The standard InChI is InChI=1S/C17H16N2O4S/c1-2-23-16(20)15-8-12-7-13(3-4-14(12)24-15)19-17(21)18-9-11-5-6-22-10-11/h3-8,10H,2,9H2,1H3,(H2,18,19,21). The Morgan fingerprint density at radius 1 is 1.25 bits per heavy atom. The molecule has 0 radical (unpaired) electrons. The van der Waals surface area contributed by atoms with E-state index in [1.165, 1.54) is 11.3 Å². The number of esters is 1. The number of carbonyl (C=O) groups is 2. The Balaban J connectivity index is 1.66. The summed E-state index contributed by atoms with van der Waals surface area (Å²) >= 11 is 1.37. The van der Waals surface area contributed by atoms with Crippen molar-refractivity contribution in [3.05, 3.63) is 53.3 Å². The van der Waals surface area contributed by atoms with Crippen LogP contribution < -0.4 is 10.6 Å². The zero-order valence-electron chi connectivity index (χ0n) is 13.0. The van der Waals surface area contributed by atoms with Gasteiger partial charge < -0.3 is 19.8 Å². The number of hydrogen-bond acceptors (Lipinski definition) is 5. The SMILES string of the molecule is CCOC(=O)c1cc2cc(NC(=O)NCc3ccoc3)ccc2s1. The predicted molar refractivity (Wildman–Crippen MR) is 92.3 cm³/mol. The van der Waals surface area contributed by atoms with Crippen LogP contribution in [0, 0.1) is 0 Å². The second-order valence-corrected chi connectivity index (χ2v) is 6.11. The minimum absolute atomic E-state index is 0.309. The fraction of sp³-hybridized carbons (Fsp3) is 0.176. The van der Waals surface area contributed by atoms with Crippen LogP contribution in [-0.2, 0) is 11.3 Å². The van der Waals surface area contributed by atoms with Crippen molar-refractivity contribution >= 4 is 39.1 Å². The van der Waals surface area contributed by atoms with Crippen molar-refractivity contribution < 1.29 is 18.7 Å². The lowest BCUT2D eigenvalue weighted by molar-refractivity contribution is 0.0532. The highest BCUT2D eigenvalue weighted by molar-refractivity contribution is 7.20. The van der Waals surface area contributed by atoms with Crippen LogP contribution in [0.5, 0.6) is 0 Å². The molecule has 0 aliphatic heterocycles. The quantitative estimate of drug-likeness (QED) is 0.686. The van der Waals surface area contributed by atoms with E-state index in [1.54, 1.807) is 37.6 Å². The van der Waals surface area contributed by atoms with Crippen molar-refractivity contribution in [2.24, 2.45) is 0 Å². The van der Waals surface area contributed by atoms with E-state index in [0.29, 0.717) is 23.7 Å². The molecule has 0 saturated carbocycles. The van der Waals surface area contributed by atoms with Crippen LogP contribution in [0.25, 0.3) is 10.1 Å². The van der Waals surface area contributed by atoms with Crippen LogP contribution in [0.2, 0.25) is 0 Å². The first-order chi connectivity index (χ1) is 11.7. The average molecular weight is 344 g/mol. The van der Waals surface area contributed by atoms with E-state index < -0.39 is 0 Å². The van der Waals surface area contributed by atoms with Gasteiger partial charge in [0, 0.05) is 22.5 Å². The third kappa shape index (κ3) is 3.75. The van der Waals surface area contributed by atoms with Gasteiger partial charge in [-0.1, -0.05) is 0 Å². The number of amides is 2. The highest BCUT2D eigenvalue weighted by Crippen LogP contribution is 2.28. The number of benzene rings is 1. The van der Waals surface area contributed by atoms with Crippen LogP contribution in [0.4, 0.5) is 10.5 Å². The molecule has 2 aromatic heterocycles. The molecule has 2 heterocycles. The topological polar surface area (TPSA) is 80.6 Å². The Kier molecular flexibility index (Phi) is 4.81. The Hall–Kier alpha value is -2.80. The molecule has 0 fully saturated rings. The van der Waals surface area contributed by atoms with Gasteiger partial charge in [-0.05, 0) is 42.6 Å². The van der Waals surface area contributed by atoms with Gasteiger partial charge in [-0.2, -0.15) is 0 Å². The lowest BCUT2D eigenvalue weighted by Gasteiger charge is -2.06. The summed E-state index contributed by atoms with van der Waals surface area (Å²) in [4.78, 5) is 24.2. The molecule has 1 aromatic carbocycles. The maximum Gasteiger partial charge on any atom is 0.348 e. The van der Waals surface area contributed by atoms with E-state index in [2.05, 4.69) is 10.6 Å². The Morgan fingerprint density at radius 2 is 2.12 bits per heavy atom. The number of thiophene rings is 1. The molecule has 3 rings (SSSR count). The number of anilines is 1. The molecule has 0 spiro atoms. The lowest BCUT2D eigenvalue weighted by Crippen LogP contribution is -2.27. The van der Waals surface area contributed by atoms with Crippen molar-refractivity contribution in [1.82, 2.24) is 5.32 Å². The number of rotatable bonds is 5. The second-order valence-electron chi connectivity index (χ2n) is 5.02. The molecular weight excluding hydrogens is 328 g/mol. The van der Waals surface area contributed by atoms with Gasteiger partial charge >= 0.3 is 12.0 Å². The van der Waals surface area contributed by atoms with Crippen LogP contribution in [0.3, 0.4) is 0 Å². The molecule has 0 aliphatic carbocycles. The summed E-state index contributed by atoms with van der Waals surface area (Å²) in [5, 5.41) is 6.39. The molecule has 24 heavy (non-hydrogen) atoms. The minimum Gasteiger partial charge on any atom is -0.472 e. The van der Waals surface area contributed by atoms with Crippen LogP contribution >= 0.6 is 11.3 Å². The van der Waals surface area contributed by atoms with Gasteiger partial charge in [-0.25, -0.2) is 9.59 Å². The highest BCUT2D eigenvalue weighted by atomic mass is 32.1. The molecular formula is C17H16N2O4S. The molecule has 0 atom stereocenters. The third-order valence-corrected chi connectivity index (χ3v) is 4.38. The zero-order valence-corrected chi connectivity index (χ0v) is 13.8. The smallest absolute Gasteiger partial charge is 0.348 e. The first-order valence-corrected chi connectivity index (χ1v) is 8.24. The maximum absolute atomic E-state index is 11.9. The zero-order chi connectivity index (χ0) is 16.9. The summed E-state index contributed by atoms with van der Waals surface area (Å²) in [6, 6.07) is 8.74. The van der Waals surface area contributed by atoms with Crippen molar-refractivity contribution in [2.45, 2.75) is 13.5 Å². The molecule has 2 amide bonds. The second kappa shape index (κ2) is 7.18. The van der Waals surface area contributed by atoms with E-state index in [1.807, 2.05) is 12.1 Å². The number of ether oxygens (including phenoxy) is 1. The summed E-state index contributed by atoms with van der Waals surface area (Å²) in [6.45, 7) is 2.50. The summed E-state index contributed by atoms with van der Waals surface area (Å²) < 4.78 is 10.9. The van der Waals surface area contributed by atoms with Crippen molar-refractivity contribution in [1.29, 1.82) is 0 Å². The van der Waals surface area contributed by atoms with Gasteiger partial charge in [0.15, 0.2) is 0 Å². The van der Waals surface area contributed by atoms with Crippen LogP contribution in [0.1, 0.15) is 22.2 Å². The highest BCUT2D eigenvalue weighted by Gasteiger charge is 2.12. The fourth-order valence-electron chi connectivity index (χ4n) is 2.17. The summed E-state index contributed by atoms with van der Waals surface area (Å²) in [7, 11) is 0. The Morgan fingerprint density at radius 3 is 2.88 bits per heavy atom. The molecule has 2 N–H and O–H groups in total. The Labute approximate surface area is 142 Å². The van der Waals surface area contributed by atoms with Crippen molar-refractivity contribution in [3.63, 3.8) is 0 Å². The van der Waals surface area contributed by atoms with Gasteiger partial charge in [0.05, 0.1) is 19.1 Å². The van der Waals surface area contributed by atoms with Crippen LogP contribution in [0.15, 0.2) is 47.3 Å². The fourth-order valence-corrected chi connectivity index (χ4v) is 3.11. The minimum atomic E-state index is -0.328. The first kappa shape index (κ1) is 16.1. The molecule has 0 saturated heterocycles. The lowest BCUT2D eigenvalue weighted by atomic mass is 10.2. The molecule has 3 aromatic rings. The molecule has 124 valence electrons. The summed E-state index contributed by atoms with van der Waals surface area (Å²) in [5.74, 6) is -0.328. The number of furan rings is 1. The van der Waals surface area contributed by atoms with E-state index in [9.17, 15) is 9.59 Å². The van der Waals surface area contributed by atoms with Gasteiger partial charge in [0.2, 0.25) is 0 Å². The van der Waals surface area contributed by atoms with Gasteiger partial charge in [0.1, 0.15) is 4.88 Å². The normalized spacial score (nSPS) is 10.5. The number of fused-ring (bicyclic) bond motifs is 1. The van der Waals surface area contributed by atoms with Crippen molar-refractivity contribution in [3.8, 4) is 0 Å². The number of nitrogens with one attached hydrogen (secondary N) is 2. The maximum atomic E-state index is 11.9. The molecule has 0 unspecified atom stereocenters. The summed E-state index contributed by atoms with van der Waals surface area (Å²) in [5.41, 5.74) is 1.54. The number of urea groups is 1. The Bertz CT molecular complexity index is 855. The van der Waals surface area contributed by atoms with Gasteiger partial charge in [0.25, 0.3) is 0 Å². The van der Waals surface area contributed by atoms with Gasteiger partial charge in [-0.3, -0.25) is 0 Å². The number of hydrogen-bond donors (Lipinski definition) is 2. The molecule has 0 bridgehead atoms.